The number of nitrogens with one attached hydrogen (secondary N) is 1. The Morgan fingerprint density at radius 3 is 2.93 bits per heavy atom. The Bertz CT molecular complexity index is 323. The summed E-state index contributed by atoms with van der Waals surface area (Å²) in [6.07, 6.45) is 6.35. The summed E-state index contributed by atoms with van der Waals surface area (Å²) in [4.78, 5) is 4.22. The van der Waals surface area contributed by atoms with Gasteiger partial charge in [-0.25, -0.2) is 0 Å². The smallest absolute Gasteiger partial charge is 0.137 e. The van der Waals surface area contributed by atoms with Crippen LogP contribution in [0.5, 0.6) is 5.75 Å². The molecule has 1 aliphatic rings. The van der Waals surface area contributed by atoms with Crippen LogP contribution in [-0.2, 0) is 0 Å². The van der Waals surface area contributed by atoms with Crippen molar-refractivity contribution < 1.29 is 4.74 Å². The molecule has 1 unspecified atom stereocenters. The average Bonchev–Trinajstić information content (AvgIpc) is 3.04. The summed E-state index contributed by atoms with van der Waals surface area (Å²) in [5.74, 6) is 1.66. The van der Waals surface area contributed by atoms with Gasteiger partial charge < -0.3 is 10.1 Å². The summed E-state index contributed by atoms with van der Waals surface area (Å²) in [6, 6.07) is 2.54. The molecule has 15 heavy (non-hydrogen) atoms. The second-order valence-corrected chi connectivity index (χ2v) is 3.99. The van der Waals surface area contributed by atoms with Gasteiger partial charge >= 0.3 is 0 Å². The zero-order chi connectivity index (χ0) is 10.7. The van der Waals surface area contributed by atoms with E-state index in [1.54, 1.807) is 6.20 Å². The molecule has 0 spiro atoms. The predicted molar refractivity (Wildman–Crippen MR) is 59.9 cm³/mol. The summed E-state index contributed by atoms with van der Waals surface area (Å²) in [6.45, 7) is 2.68. The van der Waals surface area contributed by atoms with Crippen LogP contribution in [0.4, 0.5) is 0 Å². The molecule has 1 saturated carbocycles. The number of aromatic nitrogens is 1. The van der Waals surface area contributed by atoms with E-state index in [1.807, 2.05) is 20.2 Å². The van der Waals surface area contributed by atoms with Crippen molar-refractivity contribution in [2.45, 2.75) is 25.8 Å². The third kappa shape index (κ3) is 2.48. The molecule has 1 atom stereocenters. The molecule has 0 aliphatic heterocycles. The van der Waals surface area contributed by atoms with Crippen molar-refractivity contribution in [3.8, 4) is 5.75 Å². The van der Waals surface area contributed by atoms with E-state index >= 15 is 0 Å². The van der Waals surface area contributed by atoms with Gasteiger partial charge in [-0.05, 0) is 44.4 Å². The quantitative estimate of drug-likeness (QED) is 0.801. The van der Waals surface area contributed by atoms with Crippen molar-refractivity contribution in [3.63, 3.8) is 0 Å². The van der Waals surface area contributed by atoms with E-state index in [1.165, 1.54) is 18.4 Å². The van der Waals surface area contributed by atoms with E-state index in [9.17, 15) is 0 Å². The molecule has 1 fully saturated rings. The fourth-order valence-corrected chi connectivity index (χ4v) is 1.96. The van der Waals surface area contributed by atoms with E-state index in [-0.39, 0.29) is 0 Å². The lowest BCUT2D eigenvalue weighted by atomic mass is 10.0. The van der Waals surface area contributed by atoms with E-state index in [0.717, 1.165) is 11.7 Å². The first kappa shape index (κ1) is 10.4. The predicted octanol–water partition coefficient (Wildman–Crippen LogP) is 2.15. The maximum Gasteiger partial charge on any atom is 0.137 e. The molecular formula is C12H18N2O. The molecule has 3 nitrogen and oxygen atoms in total. The summed E-state index contributed by atoms with van der Waals surface area (Å²) in [5.41, 5.74) is 1.24. The molecule has 1 aromatic rings. The van der Waals surface area contributed by atoms with Gasteiger partial charge in [-0.3, -0.25) is 4.98 Å². The van der Waals surface area contributed by atoms with Crippen LogP contribution in [0.15, 0.2) is 18.5 Å². The summed E-state index contributed by atoms with van der Waals surface area (Å²) >= 11 is 0. The molecule has 0 aromatic carbocycles. The molecule has 0 saturated heterocycles. The number of hydrogen-bond donors (Lipinski definition) is 1. The van der Waals surface area contributed by atoms with E-state index in [4.69, 9.17) is 4.74 Å². The van der Waals surface area contributed by atoms with Gasteiger partial charge in [-0.15, -0.1) is 0 Å². The number of nitrogens with zero attached hydrogens (tertiary/aromatic N) is 1. The SMILES string of the molecule is CCOc1cncc(C(NC)C2CC2)c1. The maximum atomic E-state index is 5.45. The average molecular weight is 206 g/mol. The van der Waals surface area contributed by atoms with Gasteiger partial charge in [0.25, 0.3) is 0 Å². The van der Waals surface area contributed by atoms with E-state index < -0.39 is 0 Å². The van der Waals surface area contributed by atoms with Crippen molar-refractivity contribution in [2.24, 2.45) is 5.92 Å². The number of pyridine rings is 1. The van der Waals surface area contributed by atoms with Gasteiger partial charge in [-0.2, -0.15) is 0 Å². The molecule has 1 N–H and O–H groups in total. The number of ether oxygens (including phenoxy) is 1. The Hall–Kier alpha value is -1.09. The molecule has 1 aliphatic carbocycles. The third-order valence-corrected chi connectivity index (χ3v) is 2.81. The van der Waals surface area contributed by atoms with Crippen LogP contribution >= 0.6 is 0 Å². The topological polar surface area (TPSA) is 34.1 Å². The van der Waals surface area contributed by atoms with Crippen LogP contribution in [0, 0.1) is 5.92 Å². The highest BCUT2D eigenvalue weighted by Gasteiger charge is 2.31. The van der Waals surface area contributed by atoms with Crippen LogP contribution in [0.25, 0.3) is 0 Å². The van der Waals surface area contributed by atoms with Gasteiger partial charge in [0.2, 0.25) is 0 Å². The summed E-state index contributed by atoms with van der Waals surface area (Å²) in [7, 11) is 2.01. The Kier molecular flexibility index (Phi) is 3.21. The zero-order valence-corrected chi connectivity index (χ0v) is 9.36. The van der Waals surface area contributed by atoms with Crippen molar-refractivity contribution in [1.82, 2.24) is 10.3 Å². The Labute approximate surface area is 90.9 Å². The van der Waals surface area contributed by atoms with Crippen molar-refractivity contribution in [2.75, 3.05) is 13.7 Å². The first-order chi connectivity index (χ1) is 7.35. The molecule has 82 valence electrons. The van der Waals surface area contributed by atoms with Crippen LogP contribution in [0.1, 0.15) is 31.4 Å². The second kappa shape index (κ2) is 4.62. The minimum atomic E-state index is 0.443. The Morgan fingerprint density at radius 1 is 1.53 bits per heavy atom. The maximum absolute atomic E-state index is 5.45. The number of hydrogen-bond acceptors (Lipinski definition) is 3. The highest BCUT2D eigenvalue weighted by Crippen LogP contribution is 2.41. The Balaban J connectivity index is 2.14. The second-order valence-electron chi connectivity index (χ2n) is 3.99. The van der Waals surface area contributed by atoms with E-state index in [0.29, 0.717) is 12.6 Å². The largest absolute Gasteiger partial charge is 0.492 e. The van der Waals surface area contributed by atoms with Gasteiger partial charge in [0.15, 0.2) is 0 Å². The summed E-state index contributed by atoms with van der Waals surface area (Å²) in [5, 5.41) is 3.35. The fourth-order valence-electron chi connectivity index (χ4n) is 1.96. The van der Waals surface area contributed by atoms with Crippen LogP contribution in [0.3, 0.4) is 0 Å². The molecule has 3 heteroatoms. The minimum Gasteiger partial charge on any atom is -0.492 e. The van der Waals surface area contributed by atoms with Gasteiger partial charge in [0, 0.05) is 12.2 Å². The number of rotatable bonds is 5. The highest BCUT2D eigenvalue weighted by atomic mass is 16.5. The normalized spacial score (nSPS) is 17.5. The standard InChI is InChI=1S/C12H18N2O/c1-3-15-11-6-10(7-14-8-11)12(13-2)9-4-5-9/h6-9,12-13H,3-5H2,1-2H3. The lowest BCUT2D eigenvalue weighted by Gasteiger charge is -2.16. The monoisotopic (exact) mass is 206 g/mol. The van der Waals surface area contributed by atoms with Crippen molar-refractivity contribution in [1.29, 1.82) is 0 Å². The van der Waals surface area contributed by atoms with E-state index in [2.05, 4.69) is 16.4 Å². The molecule has 2 rings (SSSR count). The van der Waals surface area contributed by atoms with Crippen LogP contribution in [-0.4, -0.2) is 18.6 Å². The van der Waals surface area contributed by atoms with Crippen molar-refractivity contribution in [3.05, 3.63) is 24.0 Å². The van der Waals surface area contributed by atoms with Crippen LogP contribution < -0.4 is 10.1 Å². The van der Waals surface area contributed by atoms with Gasteiger partial charge in [0.1, 0.15) is 5.75 Å². The first-order valence-corrected chi connectivity index (χ1v) is 5.60. The van der Waals surface area contributed by atoms with Gasteiger partial charge in [-0.1, -0.05) is 0 Å². The highest BCUT2D eigenvalue weighted by molar-refractivity contribution is 5.27. The first-order valence-electron chi connectivity index (χ1n) is 5.60. The van der Waals surface area contributed by atoms with Gasteiger partial charge in [0.05, 0.1) is 12.8 Å². The molecule has 0 amide bonds. The minimum absolute atomic E-state index is 0.443. The molecule has 0 bridgehead atoms. The molecule has 1 aromatic heterocycles. The summed E-state index contributed by atoms with van der Waals surface area (Å²) < 4.78 is 5.45. The molecular weight excluding hydrogens is 188 g/mol. The molecule has 1 heterocycles. The van der Waals surface area contributed by atoms with Crippen molar-refractivity contribution >= 4 is 0 Å². The lowest BCUT2D eigenvalue weighted by molar-refractivity contribution is 0.337. The Morgan fingerprint density at radius 2 is 2.33 bits per heavy atom. The third-order valence-electron chi connectivity index (χ3n) is 2.81. The van der Waals surface area contributed by atoms with Crippen LogP contribution in [0.2, 0.25) is 0 Å². The zero-order valence-electron chi connectivity index (χ0n) is 9.36. The molecule has 0 radical (unpaired) electrons. The lowest BCUT2D eigenvalue weighted by Crippen LogP contribution is -2.18. The fraction of sp³-hybridized carbons (Fsp3) is 0.583.